The first kappa shape index (κ1) is 9.45. The van der Waals surface area contributed by atoms with Gasteiger partial charge >= 0.3 is 0 Å². The average molecular weight is 180 g/mol. The normalized spacial score (nSPS) is 11.4. The van der Waals surface area contributed by atoms with Crippen LogP contribution >= 0.6 is 0 Å². The van der Waals surface area contributed by atoms with Crippen molar-refractivity contribution in [1.82, 2.24) is 0 Å². The lowest BCUT2D eigenvalue weighted by Crippen LogP contribution is -2.25. The van der Waals surface area contributed by atoms with Gasteiger partial charge in [0.15, 0.2) is 11.5 Å². The number of benzene rings is 1. The Morgan fingerprint density at radius 3 is 2.46 bits per heavy atom. The predicted molar refractivity (Wildman–Crippen MR) is 51.4 cm³/mol. The van der Waals surface area contributed by atoms with Crippen molar-refractivity contribution in [3.05, 3.63) is 22.6 Å². The summed E-state index contributed by atoms with van der Waals surface area (Å²) in [5.41, 5.74) is 0. The van der Waals surface area contributed by atoms with E-state index in [4.69, 9.17) is 14.6 Å². The fourth-order valence-electron chi connectivity index (χ4n) is 1.13. The van der Waals surface area contributed by atoms with E-state index in [1.165, 1.54) is 7.11 Å². The summed E-state index contributed by atoms with van der Waals surface area (Å²) >= 11 is 0. The van der Waals surface area contributed by atoms with Crippen LogP contribution in [0.4, 0.5) is 0 Å². The maximum absolute atomic E-state index is 8.95. The number of hydrogen-bond acceptors (Lipinski definition) is 3. The van der Waals surface area contributed by atoms with E-state index in [2.05, 4.69) is 6.58 Å². The van der Waals surface area contributed by atoms with Crippen LogP contribution in [0.15, 0.2) is 12.1 Å². The van der Waals surface area contributed by atoms with Crippen molar-refractivity contribution < 1.29 is 14.6 Å². The van der Waals surface area contributed by atoms with E-state index in [1.807, 2.05) is 0 Å². The highest BCUT2D eigenvalue weighted by atomic mass is 16.5. The molecule has 3 heteroatoms. The molecule has 1 aromatic rings. The maximum atomic E-state index is 8.95. The van der Waals surface area contributed by atoms with Gasteiger partial charge in [0.1, 0.15) is 0 Å². The van der Waals surface area contributed by atoms with Crippen molar-refractivity contribution in [3.63, 3.8) is 0 Å². The van der Waals surface area contributed by atoms with Crippen LogP contribution in [-0.4, -0.2) is 19.3 Å². The molecule has 0 amide bonds. The van der Waals surface area contributed by atoms with E-state index in [9.17, 15) is 0 Å². The molecule has 0 saturated heterocycles. The largest absolute Gasteiger partial charge is 0.515 e. The van der Waals surface area contributed by atoms with Crippen molar-refractivity contribution in [2.75, 3.05) is 14.2 Å². The summed E-state index contributed by atoms with van der Waals surface area (Å²) in [6, 6.07) is 3.50. The van der Waals surface area contributed by atoms with E-state index >= 15 is 0 Å². The molecule has 1 aromatic carbocycles. The highest BCUT2D eigenvalue weighted by molar-refractivity contribution is 5.44. The van der Waals surface area contributed by atoms with Gasteiger partial charge in [0, 0.05) is 0 Å². The molecule has 0 radical (unpaired) electrons. The van der Waals surface area contributed by atoms with Gasteiger partial charge in [-0.05, 0) is 11.3 Å². The number of hydrogen-bond donors (Lipinski definition) is 1. The Balaban J connectivity index is 3.56. The van der Waals surface area contributed by atoms with Gasteiger partial charge in [-0.3, -0.25) is 0 Å². The third kappa shape index (κ3) is 1.59. The summed E-state index contributed by atoms with van der Waals surface area (Å²) in [6.07, 6.45) is 0.962. The zero-order valence-electron chi connectivity index (χ0n) is 7.70. The molecule has 0 fully saturated rings. The average Bonchev–Trinajstić information content (AvgIpc) is 2.17. The first-order chi connectivity index (χ1) is 6.24. The number of methoxy groups -OCH3 is 2. The molecule has 0 aliphatic carbocycles. The lowest BCUT2D eigenvalue weighted by molar-refractivity contribution is 0.351. The highest BCUT2D eigenvalue weighted by Gasteiger charge is 2.04. The summed E-state index contributed by atoms with van der Waals surface area (Å²) in [6.45, 7) is 3.75. The first-order valence-electron chi connectivity index (χ1n) is 3.79. The predicted octanol–water partition coefficient (Wildman–Crippen LogP) is 0.410. The molecular weight excluding hydrogens is 168 g/mol. The molecular formula is C10H12O3. The third-order valence-corrected chi connectivity index (χ3v) is 1.80. The van der Waals surface area contributed by atoms with E-state index < -0.39 is 0 Å². The zero-order chi connectivity index (χ0) is 9.84. The molecule has 13 heavy (non-hydrogen) atoms. The second-order valence-corrected chi connectivity index (χ2v) is 2.50. The molecule has 0 aliphatic heterocycles. The smallest absolute Gasteiger partial charge is 0.171 e. The van der Waals surface area contributed by atoms with Crippen molar-refractivity contribution in [3.8, 4) is 11.5 Å². The molecule has 0 saturated carbocycles. The molecule has 0 aliphatic rings. The molecule has 0 heterocycles. The minimum absolute atomic E-state index is 0.498. The number of rotatable bonds is 2. The lowest BCUT2D eigenvalue weighted by Gasteiger charge is -2.07. The minimum atomic E-state index is 0.498. The molecule has 0 unspecified atom stereocenters. The number of ether oxygens (including phenoxy) is 2. The van der Waals surface area contributed by atoms with Crippen molar-refractivity contribution in [1.29, 1.82) is 0 Å². The second kappa shape index (κ2) is 3.85. The van der Waals surface area contributed by atoms with Crippen LogP contribution in [0.1, 0.15) is 0 Å². The van der Waals surface area contributed by atoms with Gasteiger partial charge in [-0.15, -0.1) is 0 Å². The third-order valence-electron chi connectivity index (χ3n) is 1.80. The summed E-state index contributed by atoms with van der Waals surface area (Å²) < 4.78 is 10.1. The number of aliphatic hydroxyl groups is 1. The van der Waals surface area contributed by atoms with Gasteiger partial charge < -0.3 is 14.6 Å². The van der Waals surface area contributed by atoms with Crippen LogP contribution < -0.4 is 19.9 Å². The zero-order valence-corrected chi connectivity index (χ0v) is 7.70. The first-order valence-corrected chi connectivity index (χ1v) is 3.79. The quantitative estimate of drug-likeness (QED) is 0.716. The summed E-state index contributed by atoms with van der Waals surface area (Å²) in [5.74, 6) is 1.08. The van der Waals surface area contributed by atoms with Crippen molar-refractivity contribution in [2.24, 2.45) is 0 Å². The minimum Gasteiger partial charge on any atom is -0.515 e. The van der Waals surface area contributed by atoms with Gasteiger partial charge in [0.05, 0.1) is 25.7 Å². The Morgan fingerprint density at radius 2 is 2.00 bits per heavy atom. The van der Waals surface area contributed by atoms with Crippen LogP contribution in [0.3, 0.4) is 0 Å². The van der Waals surface area contributed by atoms with Gasteiger partial charge in [-0.1, -0.05) is 12.6 Å². The fourth-order valence-corrected chi connectivity index (χ4v) is 1.13. The summed E-state index contributed by atoms with van der Waals surface area (Å²) in [5, 5.41) is 10.2. The van der Waals surface area contributed by atoms with E-state index in [-0.39, 0.29) is 0 Å². The Bertz CT molecular complexity index is 395. The van der Waals surface area contributed by atoms with Crippen LogP contribution in [0.5, 0.6) is 11.5 Å². The standard InChI is InChI=1S/C10H12O3/c1-7-4-5-9(12-2)10(13-3)8(7)6-11/h4-6,11H,1H2,2-3H3/b8-6+. The van der Waals surface area contributed by atoms with Crippen LogP contribution in [-0.2, 0) is 0 Å². The lowest BCUT2D eigenvalue weighted by atomic mass is 10.2. The van der Waals surface area contributed by atoms with Gasteiger partial charge in [0.25, 0.3) is 0 Å². The Kier molecular flexibility index (Phi) is 2.80. The maximum Gasteiger partial charge on any atom is 0.171 e. The van der Waals surface area contributed by atoms with Gasteiger partial charge in [-0.25, -0.2) is 0 Å². The van der Waals surface area contributed by atoms with Crippen molar-refractivity contribution in [2.45, 2.75) is 0 Å². The van der Waals surface area contributed by atoms with Gasteiger partial charge in [-0.2, -0.15) is 0 Å². The second-order valence-electron chi connectivity index (χ2n) is 2.50. The number of aliphatic hydroxyl groups excluding tert-OH is 1. The van der Waals surface area contributed by atoms with Crippen molar-refractivity contribution >= 4 is 12.8 Å². The summed E-state index contributed by atoms with van der Waals surface area (Å²) in [4.78, 5) is 0. The molecule has 70 valence electrons. The Labute approximate surface area is 76.5 Å². The van der Waals surface area contributed by atoms with Gasteiger partial charge in [0.2, 0.25) is 0 Å². The monoisotopic (exact) mass is 180 g/mol. The van der Waals surface area contributed by atoms with Crippen LogP contribution in [0.25, 0.3) is 12.8 Å². The highest BCUT2D eigenvalue weighted by Crippen LogP contribution is 2.19. The molecule has 0 atom stereocenters. The molecule has 0 bridgehead atoms. The summed E-state index contributed by atoms with van der Waals surface area (Å²) in [7, 11) is 3.06. The molecule has 1 N–H and O–H groups in total. The van der Waals surface area contributed by atoms with E-state index in [0.29, 0.717) is 21.9 Å². The molecule has 0 spiro atoms. The molecule has 0 aromatic heterocycles. The van der Waals surface area contributed by atoms with Crippen LogP contribution in [0.2, 0.25) is 0 Å². The topological polar surface area (TPSA) is 38.7 Å². The van der Waals surface area contributed by atoms with E-state index in [1.54, 1.807) is 19.2 Å². The van der Waals surface area contributed by atoms with Crippen LogP contribution in [0, 0.1) is 0 Å². The van der Waals surface area contributed by atoms with E-state index in [0.717, 1.165) is 6.26 Å². The molecule has 3 nitrogen and oxygen atoms in total. The Hall–Kier alpha value is -1.64. The Morgan fingerprint density at radius 1 is 1.31 bits per heavy atom. The molecule has 1 rings (SSSR count). The SMILES string of the molecule is C=c1ccc(OC)c(OC)/c1=C/O. The fraction of sp³-hybridized carbons (Fsp3) is 0.200.